The molecule has 2 atom stereocenters. The van der Waals surface area contributed by atoms with E-state index in [-0.39, 0.29) is 11.7 Å². The minimum absolute atomic E-state index is 0.0143. The molecule has 0 saturated carbocycles. The first-order valence-electron chi connectivity index (χ1n) is 5.11. The molecule has 0 aromatic heterocycles. The first-order chi connectivity index (χ1) is 7.00. The third kappa shape index (κ3) is 3.61. The molecule has 0 aliphatic carbocycles. The van der Waals surface area contributed by atoms with Crippen LogP contribution in [0.5, 0.6) is 0 Å². The van der Waals surface area contributed by atoms with Crippen molar-refractivity contribution in [2.24, 2.45) is 5.92 Å². The van der Waals surface area contributed by atoms with E-state index < -0.39 is 12.2 Å². The SMILES string of the molecule is CC(C)C(O)C(O)Cc1ccc(F)cc1. The Balaban J connectivity index is 2.58. The molecular formula is C12H17FO2. The summed E-state index contributed by atoms with van der Waals surface area (Å²) in [6.45, 7) is 3.69. The summed E-state index contributed by atoms with van der Waals surface area (Å²) in [5.74, 6) is -0.280. The summed E-state index contributed by atoms with van der Waals surface area (Å²) in [4.78, 5) is 0. The first kappa shape index (κ1) is 12.1. The van der Waals surface area contributed by atoms with Crippen LogP contribution in [0.2, 0.25) is 0 Å². The highest BCUT2D eigenvalue weighted by molar-refractivity contribution is 5.17. The molecule has 0 saturated heterocycles. The Hall–Kier alpha value is -0.930. The molecule has 0 amide bonds. The third-order valence-corrected chi connectivity index (χ3v) is 2.44. The molecule has 0 spiro atoms. The van der Waals surface area contributed by atoms with Gasteiger partial charge in [0, 0.05) is 6.42 Å². The molecule has 2 unspecified atom stereocenters. The van der Waals surface area contributed by atoms with Crippen LogP contribution in [0.25, 0.3) is 0 Å². The average molecular weight is 212 g/mol. The zero-order chi connectivity index (χ0) is 11.4. The highest BCUT2D eigenvalue weighted by Crippen LogP contribution is 2.12. The fourth-order valence-electron chi connectivity index (χ4n) is 1.43. The van der Waals surface area contributed by atoms with E-state index in [0.717, 1.165) is 5.56 Å². The van der Waals surface area contributed by atoms with Gasteiger partial charge in [-0.25, -0.2) is 4.39 Å². The molecule has 2 N–H and O–H groups in total. The number of aliphatic hydroxyl groups excluding tert-OH is 2. The van der Waals surface area contributed by atoms with E-state index >= 15 is 0 Å². The minimum atomic E-state index is -0.796. The largest absolute Gasteiger partial charge is 0.390 e. The van der Waals surface area contributed by atoms with Crippen LogP contribution in [0, 0.1) is 11.7 Å². The molecule has 84 valence electrons. The van der Waals surface area contributed by atoms with Crippen LogP contribution in [-0.2, 0) is 6.42 Å². The molecule has 1 rings (SSSR count). The van der Waals surface area contributed by atoms with Crippen LogP contribution >= 0.6 is 0 Å². The lowest BCUT2D eigenvalue weighted by molar-refractivity contribution is -0.00732. The van der Waals surface area contributed by atoms with Crippen molar-refractivity contribution in [1.82, 2.24) is 0 Å². The van der Waals surface area contributed by atoms with Gasteiger partial charge in [0.25, 0.3) is 0 Å². The van der Waals surface area contributed by atoms with Crippen molar-refractivity contribution in [2.75, 3.05) is 0 Å². The second kappa shape index (κ2) is 5.24. The Bertz CT molecular complexity index is 295. The lowest BCUT2D eigenvalue weighted by Crippen LogP contribution is -2.32. The second-order valence-corrected chi connectivity index (χ2v) is 4.13. The Labute approximate surface area is 89.4 Å². The first-order valence-corrected chi connectivity index (χ1v) is 5.11. The van der Waals surface area contributed by atoms with Crippen molar-refractivity contribution in [3.8, 4) is 0 Å². The van der Waals surface area contributed by atoms with Crippen LogP contribution < -0.4 is 0 Å². The monoisotopic (exact) mass is 212 g/mol. The topological polar surface area (TPSA) is 40.5 Å². The maximum Gasteiger partial charge on any atom is 0.123 e. The molecule has 1 aromatic carbocycles. The van der Waals surface area contributed by atoms with Gasteiger partial charge in [0.1, 0.15) is 5.82 Å². The summed E-state index contributed by atoms with van der Waals surface area (Å²) in [5, 5.41) is 19.3. The highest BCUT2D eigenvalue weighted by Gasteiger charge is 2.19. The van der Waals surface area contributed by atoms with E-state index in [0.29, 0.717) is 6.42 Å². The molecule has 1 aromatic rings. The van der Waals surface area contributed by atoms with E-state index in [9.17, 15) is 14.6 Å². The lowest BCUT2D eigenvalue weighted by atomic mass is 9.96. The van der Waals surface area contributed by atoms with Gasteiger partial charge in [-0.3, -0.25) is 0 Å². The molecule has 2 nitrogen and oxygen atoms in total. The standard InChI is InChI=1S/C12H17FO2/c1-8(2)12(15)11(14)7-9-3-5-10(13)6-4-9/h3-6,8,11-12,14-15H,7H2,1-2H3. The predicted octanol–water partition coefficient (Wildman–Crippen LogP) is 1.75. The van der Waals surface area contributed by atoms with Gasteiger partial charge in [0.2, 0.25) is 0 Å². The molecular weight excluding hydrogens is 195 g/mol. The molecule has 0 radical (unpaired) electrons. The molecule has 0 aliphatic heterocycles. The van der Waals surface area contributed by atoms with Crippen molar-refractivity contribution in [3.63, 3.8) is 0 Å². The number of hydrogen-bond acceptors (Lipinski definition) is 2. The summed E-state index contributed by atoms with van der Waals surface area (Å²) in [6.07, 6.45) is -1.19. The summed E-state index contributed by atoms with van der Waals surface area (Å²) in [6, 6.07) is 5.94. The fourth-order valence-corrected chi connectivity index (χ4v) is 1.43. The zero-order valence-corrected chi connectivity index (χ0v) is 9.02. The van der Waals surface area contributed by atoms with Crippen molar-refractivity contribution in [1.29, 1.82) is 0 Å². The average Bonchev–Trinajstić information content (AvgIpc) is 2.20. The van der Waals surface area contributed by atoms with Gasteiger partial charge in [-0.1, -0.05) is 26.0 Å². The maximum atomic E-state index is 12.6. The molecule has 0 heterocycles. The molecule has 15 heavy (non-hydrogen) atoms. The third-order valence-electron chi connectivity index (χ3n) is 2.44. The molecule has 0 fully saturated rings. The normalized spacial score (nSPS) is 15.3. The van der Waals surface area contributed by atoms with Crippen molar-refractivity contribution < 1.29 is 14.6 Å². The Morgan fingerprint density at radius 2 is 1.67 bits per heavy atom. The van der Waals surface area contributed by atoms with E-state index in [4.69, 9.17) is 0 Å². The van der Waals surface area contributed by atoms with E-state index in [1.54, 1.807) is 12.1 Å². The Morgan fingerprint density at radius 3 is 2.13 bits per heavy atom. The van der Waals surface area contributed by atoms with Gasteiger partial charge in [0.15, 0.2) is 0 Å². The Kier molecular flexibility index (Phi) is 4.24. The quantitative estimate of drug-likeness (QED) is 0.798. The van der Waals surface area contributed by atoms with E-state index in [1.165, 1.54) is 12.1 Å². The number of rotatable bonds is 4. The number of halogens is 1. The second-order valence-electron chi connectivity index (χ2n) is 4.13. The van der Waals surface area contributed by atoms with Gasteiger partial charge in [0.05, 0.1) is 12.2 Å². The van der Waals surface area contributed by atoms with E-state index in [2.05, 4.69) is 0 Å². The van der Waals surface area contributed by atoms with Gasteiger partial charge in [-0.2, -0.15) is 0 Å². The van der Waals surface area contributed by atoms with Crippen LogP contribution in [-0.4, -0.2) is 22.4 Å². The molecule has 0 aliphatic rings. The van der Waals surface area contributed by atoms with Gasteiger partial charge < -0.3 is 10.2 Å². The molecule has 0 bridgehead atoms. The van der Waals surface area contributed by atoms with Crippen molar-refractivity contribution in [3.05, 3.63) is 35.6 Å². The van der Waals surface area contributed by atoms with Crippen molar-refractivity contribution >= 4 is 0 Å². The zero-order valence-electron chi connectivity index (χ0n) is 9.02. The van der Waals surface area contributed by atoms with Crippen molar-refractivity contribution in [2.45, 2.75) is 32.5 Å². The number of aliphatic hydroxyl groups is 2. The van der Waals surface area contributed by atoms with Crippen LogP contribution in [0.1, 0.15) is 19.4 Å². The lowest BCUT2D eigenvalue weighted by Gasteiger charge is -2.20. The minimum Gasteiger partial charge on any atom is -0.390 e. The fraction of sp³-hybridized carbons (Fsp3) is 0.500. The van der Waals surface area contributed by atoms with Crippen LogP contribution in [0.4, 0.5) is 4.39 Å². The summed E-state index contributed by atoms with van der Waals surface area (Å²) in [7, 11) is 0. The highest BCUT2D eigenvalue weighted by atomic mass is 19.1. The number of benzene rings is 1. The van der Waals surface area contributed by atoms with Crippen LogP contribution in [0.15, 0.2) is 24.3 Å². The smallest absolute Gasteiger partial charge is 0.123 e. The Morgan fingerprint density at radius 1 is 1.13 bits per heavy atom. The summed E-state index contributed by atoms with van der Waals surface area (Å²) >= 11 is 0. The number of hydrogen-bond donors (Lipinski definition) is 2. The van der Waals surface area contributed by atoms with Gasteiger partial charge >= 0.3 is 0 Å². The summed E-state index contributed by atoms with van der Waals surface area (Å²) in [5.41, 5.74) is 0.823. The van der Waals surface area contributed by atoms with Gasteiger partial charge in [-0.15, -0.1) is 0 Å². The van der Waals surface area contributed by atoms with Crippen LogP contribution in [0.3, 0.4) is 0 Å². The summed E-state index contributed by atoms with van der Waals surface area (Å²) < 4.78 is 12.6. The predicted molar refractivity (Wildman–Crippen MR) is 57.0 cm³/mol. The van der Waals surface area contributed by atoms with Gasteiger partial charge in [-0.05, 0) is 23.6 Å². The maximum absolute atomic E-state index is 12.6. The molecule has 3 heteroatoms. The van der Waals surface area contributed by atoms with E-state index in [1.807, 2.05) is 13.8 Å².